The predicted molar refractivity (Wildman–Crippen MR) is 47.5 cm³/mol. The van der Waals surface area contributed by atoms with Crippen LogP contribution in [0.15, 0.2) is 0 Å². The van der Waals surface area contributed by atoms with E-state index in [0.29, 0.717) is 6.54 Å². The van der Waals surface area contributed by atoms with Crippen molar-refractivity contribution in [1.29, 1.82) is 0 Å². The Morgan fingerprint density at radius 3 is 2.46 bits per heavy atom. The molecule has 1 aliphatic heterocycles. The molecule has 2 atom stereocenters. The van der Waals surface area contributed by atoms with Crippen molar-refractivity contribution in [2.75, 3.05) is 13.1 Å². The monoisotopic (exact) mass is 186 g/mol. The van der Waals surface area contributed by atoms with Crippen molar-refractivity contribution in [2.45, 2.75) is 25.8 Å². The number of hydrogen-bond acceptors (Lipinski definition) is 3. The Kier molecular flexibility index (Phi) is 2.68. The van der Waals surface area contributed by atoms with Crippen molar-refractivity contribution in [3.05, 3.63) is 0 Å². The summed E-state index contributed by atoms with van der Waals surface area (Å²) in [7, 11) is 0. The molecule has 0 spiro atoms. The number of carbonyl (C=O) groups excluding carboxylic acids is 2. The van der Waals surface area contributed by atoms with Crippen LogP contribution in [0.4, 0.5) is 4.79 Å². The highest BCUT2D eigenvalue weighted by Crippen LogP contribution is 2.26. The molecule has 1 saturated heterocycles. The number of carbonyl (C=O) groups is 2. The molecule has 13 heavy (non-hydrogen) atoms. The van der Waals surface area contributed by atoms with Crippen LogP contribution >= 0.6 is 0 Å². The average molecular weight is 186 g/mol. The standard InChI is InChI=1S/C8H15N3O2/c1-6-3-2-4-11(6,8(10)13)7(12)5-9/h6H,2-5,9H2,1H3,(H-,10,13)/p+1/t6-,11?/m1/s1. The first-order valence-corrected chi connectivity index (χ1v) is 4.47. The minimum absolute atomic E-state index is 0.0199. The molecule has 1 rings (SSSR count). The van der Waals surface area contributed by atoms with E-state index in [1.807, 2.05) is 6.92 Å². The Morgan fingerprint density at radius 1 is 1.54 bits per heavy atom. The number of amides is 3. The quantitative estimate of drug-likeness (QED) is 0.544. The summed E-state index contributed by atoms with van der Waals surface area (Å²) in [6.45, 7) is 2.26. The normalized spacial score (nSPS) is 33.2. The fourth-order valence-electron chi connectivity index (χ4n) is 2.06. The molecule has 1 aliphatic rings. The van der Waals surface area contributed by atoms with Gasteiger partial charge in [0.25, 0.3) is 0 Å². The summed E-state index contributed by atoms with van der Waals surface area (Å²) >= 11 is 0. The summed E-state index contributed by atoms with van der Waals surface area (Å²) in [5.74, 6) is -0.266. The van der Waals surface area contributed by atoms with Gasteiger partial charge >= 0.3 is 11.9 Å². The lowest BCUT2D eigenvalue weighted by atomic mass is 10.2. The van der Waals surface area contributed by atoms with Gasteiger partial charge in [-0.3, -0.25) is 0 Å². The molecule has 0 aromatic carbocycles. The van der Waals surface area contributed by atoms with Crippen LogP contribution < -0.4 is 11.5 Å². The molecule has 1 unspecified atom stereocenters. The Hall–Kier alpha value is -0.940. The third-order valence-corrected chi connectivity index (χ3v) is 2.90. The fraction of sp³-hybridized carbons (Fsp3) is 0.750. The molecule has 0 saturated carbocycles. The summed E-state index contributed by atoms with van der Waals surface area (Å²) in [6.07, 6.45) is 1.71. The molecule has 5 nitrogen and oxygen atoms in total. The maximum Gasteiger partial charge on any atom is 0.421 e. The van der Waals surface area contributed by atoms with Gasteiger partial charge in [-0.2, -0.15) is 4.48 Å². The number of hydrogen-bond donors (Lipinski definition) is 2. The van der Waals surface area contributed by atoms with E-state index in [1.54, 1.807) is 0 Å². The zero-order chi connectivity index (χ0) is 10.1. The molecular formula is C8H16N3O2+. The fourth-order valence-corrected chi connectivity index (χ4v) is 2.06. The molecule has 1 heterocycles. The van der Waals surface area contributed by atoms with E-state index in [9.17, 15) is 9.59 Å². The van der Waals surface area contributed by atoms with Gasteiger partial charge in [0.2, 0.25) is 0 Å². The van der Waals surface area contributed by atoms with Crippen LogP contribution in [0.2, 0.25) is 0 Å². The molecule has 74 valence electrons. The highest BCUT2D eigenvalue weighted by atomic mass is 16.2. The SMILES string of the molecule is C[C@@H]1CCC[N+]1(C(N)=O)C(=O)CN. The molecule has 0 aromatic rings. The molecule has 0 aliphatic carbocycles. The second kappa shape index (κ2) is 3.43. The Balaban J connectivity index is 3.00. The van der Waals surface area contributed by atoms with E-state index in [0.717, 1.165) is 12.8 Å². The number of primary amides is 1. The van der Waals surface area contributed by atoms with Crippen molar-refractivity contribution in [3.8, 4) is 0 Å². The van der Waals surface area contributed by atoms with Gasteiger partial charge in [0, 0.05) is 12.8 Å². The van der Waals surface area contributed by atoms with Crippen LogP contribution in [0.3, 0.4) is 0 Å². The molecule has 5 heteroatoms. The molecule has 0 aromatic heterocycles. The van der Waals surface area contributed by atoms with Crippen molar-refractivity contribution in [1.82, 2.24) is 0 Å². The number of imide groups is 1. The first kappa shape index (κ1) is 10.1. The van der Waals surface area contributed by atoms with Gasteiger partial charge in [0.1, 0.15) is 12.6 Å². The van der Waals surface area contributed by atoms with Crippen LogP contribution in [0.5, 0.6) is 0 Å². The van der Waals surface area contributed by atoms with Crippen LogP contribution in [0.25, 0.3) is 0 Å². The largest absolute Gasteiger partial charge is 0.421 e. The summed E-state index contributed by atoms with van der Waals surface area (Å²) in [5, 5.41) is 0. The number of rotatable bonds is 1. The number of nitrogens with two attached hydrogens (primary N) is 2. The maximum absolute atomic E-state index is 11.5. The van der Waals surface area contributed by atoms with Gasteiger partial charge in [0.15, 0.2) is 0 Å². The summed E-state index contributed by atoms with van der Waals surface area (Å²) in [5.41, 5.74) is 10.5. The van der Waals surface area contributed by atoms with E-state index < -0.39 is 6.03 Å². The topological polar surface area (TPSA) is 86.2 Å². The number of nitrogens with zero attached hydrogens (tertiary/aromatic N) is 1. The minimum atomic E-state index is -0.569. The Labute approximate surface area is 77.3 Å². The highest BCUT2D eigenvalue weighted by molar-refractivity contribution is 5.84. The van der Waals surface area contributed by atoms with E-state index >= 15 is 0 Å². The van der Waals surface area contributed by atoms with Gasteiger partial charge in [-0.25, -0.2) is 9.59 Å². The van der Waals surface area contributed by atoms with E-state index in [-0.39, 0.29) is 23.0 Å². The molecule has 1 fully saturated rings. The summed E-state index contributed by atoms with van der Waals surface area (Å²) in [4.78, 5) is 22.8. The van der Waals surface area contributed by atoms with E-state index in [1.165, 1.54) is 0 Å². The lowest BCUT2D eigenvalue weighted by molar-refractivity contribution is -0.782. The molecule has 0 bridgehead atoms. The molecular weight excluding hydrogens is 170 g/mol. The summed E-state index contributed by atoms with van der Waals surface area (Å²) in [6, 6.07) is -0.589. The number of urea groups is 1. The van der Waals surface area contributed by atoms with Gasteiger partial charge in [-0.15, -0.1) is 0 Å². The van der Waals surface area contributed by atoms with Crippen LogP contribution in [0.1, 0.15) is 19.8 Å². The lowest BCUT2D eigenvalue weighted by Gasteiger charge is -2.30. The second-order valence-corrected chi connectivity index (χ2v) is 3.52. The van der Waals surface area contributed by atoms with Crippen molar-refractivity contribution < 1.29 is 14.1 Å². The van der Waals surface area contributed by atoms with Gasteiger partial charge in [0.05, 0.1) is 6.54 Å². The summed E-state index contributed by atoms with van der Waals surface area (Å²) < 4.78 is -0.253. The van der Waals surface area contributed by atoms with Gasteiger partial charge in [-0.1, -0.05) is 0 Å². The molecule has 4 N–H and O–H groups in total. The highest BCUT2D eigenvalue weighted by Gasteiger charge is 2.50. The van der Waals surface area contributed by atoms with Crippen LogP contribution in [0, 0.1) is 0 Å². The predicted octanol–water partition coefficient (Wildman–Crippen LogP) is -0.450. The third-order valence-electron chi connectivity index (χ3n) is 2.90. The maximum atomic E-state index is 11.5. The van der Waals surface area contributed by atoms with E-state index in [4.69, 9.17) is 11.5 Å². The average Bonchev–Trinajstić information content (AvgIpc) is 2.47. The first-order chi connectivity index (χ1) is 6.05. The van der Waals surface area contributed by atoms with E-state index in [2.05, 4.69) is 0 Å². The van der Waals surface area contributed by atoms with Gasteiger partial charge < -0.3 is 11.5 Å². The second-order valence-electron chi connectivity index (χ2n) is 3.52. The minimum Gasteiger partial charge on any atom is -0.319 e. The van der Waals surface area contributed by atoms with Crippen LogP contribution in [-0.4, -0.2) is 35.6 Å². The Bertz CT molecular complexity index is 242. The zero-order valence-electron chi connectivity index (χ0n) is 7.82. The first-order valence-electron chi connectivity index (χ1n) is 4.47. The van der Waals surface area contributed by atoms with Crippen LogP contribution in [-0.2, 0) is 4.79 Å². The number of likely N-dealkylation sites (tertiary alicyclic amines) is 1. The lowest BCUT2D eigenvalue weighted by Crippen LogP contribution is -2.63. The number of quaternary nitrogens is 1. The van der Waals surface area contributed by atoms with Gasteiger partial charge in [-0.05, 0) is 6.92 Å². The Morgan fingerprint density at radius 2 is 2.15 bits per heavy atom. The third kappa shape index (κ3) is 1.34. The zero-order valence-corrected chi connectivity index (χ0v) is 7.82. The molecule has 3 amide bonds. The van der Waals surface area contributed by atoms with Crippen molar-refractivity contribution in [2.24, 2.45) is 11.5 Å². The smallest absolute Gasteiger partial charge is 0.319 e. The molecule has 0 radical (unpaired) electrons. The van der Waals surface area contributed by atoms with Crippen molar-refractivity contribution >= 4 is 11.9 Å². The van der Waals surface area contributed by atoms with Crippen molar-refractivity contribution in [3.63, 3.8) is 0 Å².